The molecule has 1 aromatic rings. The van der Waals surface area contributed by atoms with E-state index < -0.39 is 5.60 Å². The fourth-order valence-electron chi connectivity index (χ4n) is 1.27. The fraction of sp³-hybridized carbons (Fsp3) is 0.636. The maximum absolute atomic E-state index is 11.7. The van der Waals surface area contributed by atoms with Gasteiger partial charge >= 0.3 is 0 Å². The van der Waals surface area contributed by atoms with Crippen LogP contribution in [-0.2, 0) is 23.0 Å². The summed E-state index contributed by atoms with van der Waals surface area (Å²) in [5.74, 6) is 0.119. The molecule has 84 valence electrons. The number of carbonyl (C=O) groups excluding carboxylic acids is 1. The van der Waals surface area contributed by atoms with Crippen LogP contribution in [0.5, 0.6) is 0 Å². The molecule has 4 heteroatoms. The van der Waals surface area contributed by atoms with Gasteiger partial charge in [-0.15, -0.1) is 0 Å². The standard InChI is InChI=1S/C11H18N2O2/c1-11(2,15-4)10(14)6-5-9-7-12-13(3)8-9/h7-8H,5-6H2,1-4H3. The highest BCUT2D eigenvalue weighted by Gasteiger charge is 2.25. The van der Waals surface area contributed by atoms with Crippen LogP contribution < -0.4 is 0 Å². The number of hydrogen-bond donors (Lipinski definition) is 0. The summed E-state index contributed by atoms with van der Waals surface area (Å²) in [6.07, 6.45) is 4.92. The van der Waals surface area contributed by atoms with Crippen molar-refractivity contribution in [2.24, 2.45) is 7.05 Å². The van der Waals surface area contributed by atoms with Crippen molar-refractivity contribution in [1.82, 2.24) is 9.78 Å². The van der Waals surface area contributed by atoms with Gasteiger partial charge in [0.05, 0.1) is 6.20 Å². The highest BCUT2D eigenvalue weighted by molar-refractivity contribution is 5.86. The molecule has 0 spiro atoms. The van der Waals surface area contributed by atoms with E-state index in [9.17, 15) is 4.79 Å². The highest BCUT2D eigenvalue weighted by Crippen LogP contribution is 2.13. The van der Waals surface area contributed by atoms with Gasteiger partial charge in [-0.25, -0.2) is 0 Å². The summed E-state index contributed by atoms with van der Waals surface area (Å²) < 4.78 is 6.86. The molecule has 0 aromatic carbocycles. The van der Waals surface area contributed by atoms with Crippen molar-refractivity contribution in [3.63, 3.8) is 0 Å². The molecule has 15 heavy (non-hydrogen) atoms. The molecule has 1 rings (SSSR count). The van der Waals surface area contributed by atoms with Crippen molar-refractivity contribution in [3.05, 3.63) is 18.0 Å². The van der Waals surface area contributed by atoms with Crippen LogP contribution in [-0.4, -0.2) is 28.3 Å². The van der Waals surface area contributed by atoms with Crippen LogP contribution in [0, 0.1) is 0 Å². The first-order chi connectivity index (χ1) is 6.95. The monoisotopic (exact) mass is 210 g/mol. The largest absolute Gasteiger partial charge is 0.371 e. The number of carbonyl (C=O) groups is 1. The minimum Gasteiger partial charge on any atom is -0.371 e. The maximum atomic E-state index is 11.7. The predicted octanol–water partition coefficient (Wildman–Crippen LogP) is 1.35. The molecule has 0 unspecified atom stereocenters. The molecule has 0 fully saturated rings. The summed E-state index contributed by atoms with van der Waals surface area (Å²) in [5.41, 5.74) is 0.403. The molecule has 0 N–H and O–H groups in total. The maximum Gasteiger partial charge on any atom is 0.164 e. The van der Waals surface area contributed by atoms with E-state index in [0.29, 0.717) is 6.42 Å². The predicted molar refractivity (Wildman–Crippen MR) is 57.6 cm³/mol. The van der Waals surface area contributed by atoms with Crippen molar-refractivity contribution in [1.29, 1.82) is 0 Å². The third-order valence-electron chi connectivity index (χ3n) is 2.58. The Morgan fingerprint density at radius 2 is 2.27 bits per heavy atom. The Balaban J connectivity index is 2.47. The summed E-state index contributed by atoms with van der Waals surface area (Å²) in [6, 6.07) is 0. The second kappa shape index (κ2) is 4.57. The minimum absolute atomic E-state index is 0.119. The van der Waals surface area contributed by atoms with Crippen molar-refractivity contribution in [2.45, 2.75) is 32.3 Å². The van der Waals surface area contributed by atoms with Crippen LogP contribution in [0.3, 0.4) is 0 Å². The Bertz CT molecular complexity index is 342. The van der Waals surface area contributed by atoms with Gasteiger partial charge in [0.15, 0.2) is 5.78 Å². The first-order valence-corrected chi connectivity index (χ1v) is 5.01. The molecule has 1 heterocycles. The summed E-state index contributed by atoms with van der Waals surface area (Å²) in [4.78, 5) is 11.7. The first-order valence-electron chi connectivity index (χ1n) is 5.01. The van der Waals surface area contributed by atoms with Gasteiger partial charge in [0.2, 0.25) is 0 Å². The lowest BCUT2D eigenvalue weighted by Gasteiger charge is -2.20. The zero-order valence-electron chi connectivity index (χ0n) is 9.78. The van der Waals surface area contributed by atoms with Crippen LogP contribution in [0.4, 0.5) is 0 Å². The third-order valence-corrected chi connectivity index (χ3v) is 2.58. The molecule has 4 nitrogen and oxygen atoms in total. The zero-order valence-corrected chi connectivity index (χ0v) is 9.78. The SMILES string of the molecule is COC(C)(C)C(=O)CCc1cnn(C)c1. The Morgan fingerprint density at radius 1 is 1.60 bits per heavy atom. The molecular formula is C11H18N2O2. The molecular weight excluding hydrogens is 192 g/mol. The fourth-order valence-corrected chi connectivity index (χ4v) is 1.27. The number of rotatable bonds is 5. The number of nitrogens with zero attached hydrogens (tertiary/aromatic N) is 2. The van der Waals surface area contributed by atoms with Crippen LogP contribution in [0.1, 0.15) is 25.8 Å². The normalized spacial score (nSPS) is 11.7. The lowest BCUT2D eigenvalue weighted by molar-refractivity contribution is -0.137. The number of aryl methyl sites for hydroxylation is 2. The van der Waals surface area contributed by atoms with Gasteiger partial charge in [0.25, 0.3) is 0 Å². The molecule has 1 aromatic heterocycles. The van der Waals surface area contributed by atoms with Crippen LogP contribution in [0.25, 0.3) is 0 Å². The smallest absolute Gasteiger partial charge is 0.164 e. The number of methoxy groups -OCH3 is 1. The second-order valence-corrected chi connectivity index (χ2v) is 4.16. The summed E-state index contributed by atoms with van der Waals surface area (Å²) >= 11 is 0. The van der Waals surface area contributed by atoms with Gasteiger partial charge in [-0.2, -0.15) is 5.10 Å². The Hall–Kier alpha value is -1.16. The van der Waals surface area contributed by atoms with Crippen LogP contribution >= 0.6 is 0 Å². The van der Waals surface area contributed by atoms with E-state index in [-0.39, 0.29) is 5.78 Å². The van der Waals surface area contributed by atoms with E-state index in [2.05, 4.69) is 5.10 Å². The van der Waals surface area contributed by atoms with E-state index in [1.807, 2.05) is 13.2 Å². The molecule has 0 saturated heterocycles. The van der Waals surface area contributed by atoms with Crippen molar-refractivity contribution >= 4 is 5.78 Å². The molecule has 0 amide bonds. The topological polar surface area (TPSA) is 44.1 Å². The van der Waals surface area contributed by atoms with Crippen molar-refractivity contribution in [2.75, 3.05) is 7.11 Å². The molecule has 0 aliphatic heterocycles. The number of ether oxygens (including phenoxy) is 1. The van der Waals surface area contributed by atoms with Crippen LogP contribution in [0.15, 0.2) is 12.4 Å². The molecule has 0 bridgehead atoms. The summed E-state index contributed by atoms with van der Waals surface area (Å²) in [7, 11) is 3.42. The number of hydrogen-bond acceptors (Lipinski definition) is 3. The lowest BCUT2D eigenvalue weighted by Crippen LogP contribution is -2.33. The summed E-state index contributed by atoms with van der Waals surface area (Å²) in [5, 5.41) is 4.05. The molecule has 0 aliphatic carbocycles. The van der Waals surface area contributed by atoms with Gasteiger partial charge in [0.1, 0.15) is 5.60 Å². The highest BCUT2D eigenvalue weighted by atomic mass is 16.5. The number of Topliss-reactive ketones (excluding diaryl/α,β-unsaturated/α-hetero) is 1. The van der Waals surface area contributed by atoms with Crippen molar-refractivity contribution in [3.8, 4) is 0 Å². The van der Waals surface area contributed by atoms with E-state index in [1.54, 1.807) is 31.8 Å². The van der Waals surface area contributed by atoms with Gasteiger partial charge in [-0.3, -0.25) is 9.48 Å². The minimum atomic E-state index is -0.678. The van der Waals surface area contributed by atoms with E-state index in [0.717, 1.165) is 12.0 Å². The first kappa shape index (κ1) is 11.9. The molecule has 0 radical (unpaired) electrons. The number of ketones is 1. The quantitative estimate of drug-likeness (QED) is 0.736. The van der Waals surface area contributed by atoms with Gasteiger partial charge in [0, 0.05) is 26.8 Å². The van der Waals surface area contributed by atoms with E-state index in [1.165, 1.54) is 0 Å². The average molecular weight is 210 g/mol. The third kappa shape index (κ3) is 3.16. The molecule has 0 atom stereocenters. The number of aromatic nitrogens is 2. The lowest BCUT2D eigenvalue weighted by atomic mass is 9.98. The zero-order chi connectivity index (χ0) is 11.5. The average Bonchev–Trinajstić information content (AvgIpc) is 2.60. The second-order valence-electron chi connectivity index (χ2n) is 4.16. The molecule has 0 saturated carbocycles. The van der Waals surface area contributed by atoms with Crippen LogP contribution in [0.2, 0.25) is 0 Å². The van der Waals surface area contributed by atoms with Gasteiger partial charge in [-0.1, -0.05) is 0 Å². The van der Waals surface area contributed by atoms with Gasteiger partial charge in [-0.05, 0) is 25.8 Å². The Kier molecular flexibility index (Phi) is 3.63. The van der Waals surface area contributed by atoms with Crippen molar-refractivity contribution < 1.29 is 9.53 Å². The van der Waals surface area contributed by atoms with E-state index in [4.69, 9.17) is 4.74 Å². The van der Waals surface area contributed by atoms with E-state index >= 15 is 0 Å². The van der Waals surface area contributed by atoms with Gasteiger partial charge < -0.3 is 4.74 Å². The Morgan fingerprint density at radius 3 is 2.73 bits per heavy atom. The summed E-state index contributed by atoms with van der Waals surface area (Å²) in [6.45, 7) is 3.58. The molecule has 0 aliphatic rings. The Labute approximate surface area is 90.2 Å².